The monoisotopic (exact) mass is 202 g/mol. The Balaban J connectivity index is 4.40. The minimum atomic E-state index is -0.296. The molecule has 3 heteroatoms. The number of ether oxygens (including phenoxy) is 3. The summed E-state index contributed by atoms with van der Waals surface area (Å²) in [6.07, 6.45) is -0.0161. The fourth-order valence-electron chi connectivity index (χ4n) is 0.800. The van der Waals surface area contributed by atoms with Crippen molar-refractivity contribution >= 4 is 0 Å². The molecular weight excluding hydrogens is 180 g/mol. The van der Waals surface area contributed by atoms with Crippen molar-refractivity contribution in [3.05, 3.63) is 11.5 Å². The number of hydrogen-bond acceptors (Lipinski definition) is 3. The lowest BCUT2D eigenvalue weighted by Gasteiger charge is -2.31. The molecule has 0 aromatic carbocycles. The molecule has 0 aliphatic rings. The van der Waals surface area contributed by atoms with Crippen LogP contribution >= 0.6 is 0 Å². The van der Waals surface area contributed by atoms with Crippen LogP contribution < -0.4 is 0 Å². The van der Waals surface area contributed by atoms with E-state index in [2.05, 4.69) is 0 Å². The van der Waals surface area contributed by atoms with E-state index >= 15 is 0 Å². The summed E-state index contributed by atoms with van der Waals surface area (Å²) in [5.41, 5.74) is -0.296. The molecule has 0 fully saturated rings. The molecule has 0 saturated carbocycles. The molecule has 0 aromatic heterocycles. The molecule has 0 heterocycles. The van der Waals surface area contributed by atoms with Gasteiger partial charge in [-0.25, -0.2) is 0 Å². The highest BCUT2D eigenvalue weighted by atomic mass is 16.6. The largest absolute Gasteiger partial charge is 0.498 e. The molecule has 1 atom stereocenters. The van der Waals surface area contributed by atoms with Crippen molar-refractivity contribution in [1.29, 1.82) is 0 Å². The minimum absolute atomic E-state index is 0.0161. The van der Waals surface area contributed by atoms with Crippen LogP contribution in [0.5, 0.6) is 0 Å². The Hall–Kier alpha value is -0.700. The first-order valence-electron chi connectivity index (χ1n) is 4.78. The van der Waals surface area contributed by atoms with Gasteiger partial charge in [0.2, 0.25) is 0 Å². The second-order valence-corrected chi connectivity index (χ2v) is 3.88. The van der Waals surface area contributed by atoms with Gasteiger partial charge in [-0.1, -0.05) is 0 Å². The van der Waals surface area contributed by atoms with E-state index in [4.69, 9.17) is 14.2 Å². The van der Waals surface area contributed by atoms with Crippen LogP contribution in [-0.2, 0) is 14.2 Å². The van der Waals surface area contributed by atoms with Crippen LogP contribution in [0.1, 0.15) is 34.6 Å². The van der Waals surface area contributed by atoms with Crippen LogP contribution in [0.15, 0.2) is 11.5 Å². The third-order valence-electron chi connectivity index (χ3n) is 2.66. The summed E-state index contributed by atoms with van der Waals surface area (Å²) in [7, 11) is 3.32. The summed E-state index contributed by atoms with van der Waals surface area (Å²) in [6, 6.07) is 0. The van der Waals surface area contributed by atoms with Gasteiger partial charge < -0.3 is 14.2 Å². The maximum atomic E-state index is 5.69. The average molecular weight is 202 g/mol. The van der Waals surface area contributed by atoms with Crippen LogP contribution in [0.4, 0.5) is 0 Å². The highest BCUT2D eigenvalue weighted by molar-refractivity contribution is 4.96. The predicted octanol–water partition coefficient (Wildman–Crippen LogP) is 2.71. The highest BCUT2D eigenvalue weighted by Crippen LogP contribution is 2.20. The van der Waals surface area contributed by atoms with Gasteiger partial charge in [0.1, 0.15) is 17.6 Å². The Bertz CT molecular complexity index is 207. The lowest BCUT2D eigenvalue weighted by Crippen LogP contribution is -2.37. The number of hydrogen-bond donors (Lipinski definition) is 0. The maximum Gasteiger partial charge on any atom is 0.131 e. The molecule has 1 unspecified atom stereocenters. The Morgan fingerprint density at radius 1 is 1.07 bits per heavy atom. The van der Waals surface area contributed by atoms with Crippen LogP contribution in [-0.4, -0.2) is 25.9 Å². The van der Waals surface area contributed by atoms with Gasteiger partial charge >= 0.3 is 0 Å². The Morgan fingerprint density at radius 2 is 1.57 bits per heavy atom. The lowest BCUT2D eigenvalue weighted by atomic mass is 10.0. The summed E-state index contributed by atoms with van der Waals surface area (Å²) >= 11 is 0. The molecule has 84 valence electrons. The van der Waals surface area contributed by atoms with Gasteiger partial charge in [-0.3, -0.25) is 0 Å². The van der Waals surface area contributed by atoms with Gasteiger partial charge in [0.05, 0.1) is 12.7 Å². The van der Waals surface area contributed by atoms with Gasteiger partial charge in [-0.2, -0.15) is 0 Å². The fraction of sp³-hybridized carbons (Fsp3) is 0.818. The van der Waals surface area contributed by atoms with Crippen molar-refractivity contribution in [2.75, 3.05) is 14.2 Å². The molecule has 0 amide bonds. The molecular formula is C11H22O3. The van der Waals surface area contributed by atoms with Crippen LogP contribution in [0.25, 0.3) is 0 Å². The molecule has 0 radical (unpaired) electrons. The summed E-state index contributed by atoms with van der Waals surface area (Å²) < 4.78 is 16.1. The SMILES string of the molecule is COC(C)=C(C)OC(C)C(C)(C)OC. The molecule has 0 bridgehead atoms. The maximum absolute atomic E-state index is 5.69. The highest BCUT2D eigenvalue weighted by Gasteiger charge is 2.27. The first-order chi connectivity index (χ1) is 6.35. The van der Waals surface area contributed by atoms with Crippen LogP contribution in [0, 0.1) is 0 Å². The van der Waals surface area contributed by atoms with E-state index in [1.165, 1.54) is 0 Å². The van der Waals surface area contributed by atoms with Crippen molar-refractivity contribution < 1.29 is 14.2 Å². The molecule has 0 spiro atoms. The zero-order valence-corrected chi connectivity index (χ0v) is 10.3. The fourth-order valence-corrected chi connectivity index (χ4v) is 0.800. The normalized spacial score (nSPS) is 15.9. The predicted molar refractivity (Wildman–Crippen MR) is 57.0 cm³/mol. The Morgan fingerprint density at radius 3 is 1.93 bits per heavy atom. The van der Waals surface area contributed by atoms with Gasteiger partial charge in [0.25, 0.3) is 0 Å². The van der Waals surface area contributed by atoms with E-state index in [-0.39, 0.29) is 11.7 Å². The lowest BCUT2D eigenvalue weighted by molar-refractivity contribution is -0.0828. The zero-order chi connectivity index (χ0) is 11.4. The molecule has 0 aromatic rings. The van der Waals surface area contributed by atoms with Gasteiger partial charge in [-0.15, -0.1) is 0 Å². The second-order valence-electron chi connectivity index (χ2n) is 3.88. The zero-order valence-electron chi connectivity index (χ0n) is 10.3. The van der Waals surface area contributed by atoms with Crippen LogP contribution in [0.2, 0.25) is 0 Å². The molecule has 0 rings (SSSR count). The Kier molecular flexibility index (Phi) is 4.99. The number of methoxy groups -OCH3 is 2. The quantitative estimate of drug-likeness (QED) is 0.641. The van der Waals surface area contributed by atoms with E-state index < -0.39 is 0 Å². The van der Waals surface area contributed by atoms with Crippen molar-refractivity contribution in [2.45, 2.75) is 46.3 Å². The van der Waals surface area contributed by atoms with Crippen LogP contribution in [0.3, 0.4) is 0 Å². The first kappa shape index (κ1) is 13.3. The van der Waals surface area contributed by atoms with Gasteiger partial charge in [-0.05, 0) is 34.6 Å². The summed E-state index contributed by atoms with van der Waals surface area (Å²) in [5, 5.41) is 0. The molecule has 0 aliphatic carbocycles. The van der Waals surface area contributed by atoms with Crippen molar-refractivity contribution in [1.82, 2.24) is 0 Å². The molecule has 0 aliphatic heterocycles. The van der Waals surface area contributed by atoms with E-state index in [0.717, 1.165) is 11.5 Å². The molecule has 14 heavy (non-hydrogen) atoms. The van der Waals surface area contributed by atoms with Crippen molar-refractivity contribution in [2.24, 2.45) is 0 Å². The van der Waals surface area contributed by atoms with E-state index in [9.17, 15) is 0 Å². The van der Waals surface area contributed by atoms with Crippen molar-refractivity contribution in [3.8, 4) is 0 Å². The molecule has 0 saturated heterocycles. The standard InChI is InChI=1S/C11H22O3/c1-8(12-6)9(2)14-10(3)11(4,5)13-7/h10H,1-7H3. The Labute approximate surface area is 87.0 Å². The van der Waals surface area contributed by atoms with E-state index in [1.807, 2.05) is 34.6 Å². The topological polar surface area (TPSA) is 27.7 Å². The average Bonchev–Trinajstić information content (AvgIpc) is 2.16. The first-order valence-corrected chi connectivity index (χ1v) is 4.78. The second kappa shape index (κ2) is 5.25. The summed E-state index contributed by atoms with van der Waals surface area (Å²) in [6.45, 7) is 9.74. The number of rotatable bonds is 5. The van der Waals surface area contributed by atoms with E-state index in [0.29, 0.717) is 0 Å². The third kappa shape index (κ3) is 3.58. The molecule has 3 nitrogen and oxygen atoms in total. The summed E-state index contributed by atoms with van der Waals surface area (Å²) in [4.78, 5) is 0. The number of allylic oxidation sites excluding steroid dienone is 2. The molecule has 0 N–H and O–H groups in total. The van der Waals surface area contributed by atoms with Gasteiger partial charge in [0, 0.05) is 7.11 Å². The smallest absolute Gasteiger partial charge is 0.131 e. The van der Waals surface area contributed by atoms with Gasteiger partial charge in [0.15, 0.2) is 0 Å². The van der Waals surface area contributed by atoms with E-state index in [1.54, 1.807) is 14.2 Å². The summed E-state index contributed by atoms with van der Waals surface area (Å²) in [5.74, 6) is 1.59. The minimum Gasteiger partial charge on any atom is -0.498 e. The third-order valence-corrected chi connectivity index (χ3v) is 2.66. The van der Waals surface area contributed by atoms with Crippen molar-refractivity contribution in [3.63, 3.8) is 0 Å².